The van der Waals surface area contributed by atoms with Crippen LogP contribution in [0.4, 0.5) is 0 Å². The van der Waals surface area contributed by atoms with Gasteiger partial charge in [-0.05, 0) is 26.4 Å². The zero-order valence-electron chi connectivity index (χ0n) is 11.9. The van der Waals surface area contributed by atoms with Crippen LogP contribution >= 0.6 is 11.1 Å². The summed E-state index contributed by atoms with van der Waals surface area (Å²) in [6, 6.07) is 0.664. The largest absolute Gasteiger partial charge is 0.298 e. The second kappa shape index (κ2) is 6.04. The van der Waals surface area contributed by atoms with Crippen molar-refractivity contribution in [2.45, 2.75) is 26.4 Å². The molecule has 2 rings (SSSR count). The summed E-state index contributed by atoms with van der Waals surface area (Å²) in [7, 11) is 0. The number of aromatic nitrogens is 3. The van der Waals surface area contributed by atoms with Crippen molar-refractivity contribution in [3.8, 4) is 0 Å². The van der Waals surface area contributed by atoms with Gasteiger partial charge in [0.15, 0.2) is 0 Å². The number of thiol groups is 1. The zero-order chi connectivity index (χ0) is 13.1. The first kappa shape index (κ1) is 13.8. The first-order valence-corrected chi connectivity index (χ1v) is 8.80. The Morgan fingerprint density at radius 3 is 2.39 bits per heavy atom. The van der Waals surface area contributed by atoms with Crippen LogP contribution in [-0.4, -0.2) is 68.9 Å². The van der Waals surface area contributed by atoms with Crippen LogP contribution in [0.25, 0.3) is 0 Å². The zero-order valence-corrected chi connectivity index (χ0v) is 12.8. The van der Waals surface area contributed by atoms with Crippen molar-refractivity contribution >= 4 is 11.1 Å². The monoisotopic (exact) mass is 271 g/mol. The molecule has 0 aromatic carbocycles. The highest BCUT2D eigenvalue weighted by Gasteiger charge is 2.19. The molecule has 1 aliphatic rings. The molecule has 0 unspecified atom stereocenters. The molecule has 104 valence electrons. The topological polar surface area (TPSA) is 37.2 Å². The van der Waals surface area contributed by atoms with Crippen LogP contribution in [0.5, 0.6) is 0 Å². The molecule has 1 aromatic heterocycles. The highest BCUT2D eigenvalue weighted by atomic mass is 32.2. The third-order valence-corrected chi connectivity index (χ3v) is 4.48. The SMILES string of the molecule is CC(C)N1CCN(Cc2cn([SH](C)C)nn2)CC1. The maximum Gasteiger partial charge on any atom is 0.0977 e. The first-order valence-electron chi connectivity index (χ1n) is 6.61. The van der Waals surface area contributed by atoms with Crippen LogP contribution < -0.4 is 0 Å². The van der Waals surface area contributed by atoms with Crippen molar-refractivity contribution in [3.05, 3.63) is 11.9 Å². The number of nitrogens with zero attached hydrogens (tertiary/aromatic N) is 5. The summed E-state index contributed by atoms with van der Waals surface area (Å²) in [4.78, 5) is 5.01. The molecule has 2 heterocycles. The predicted octanol–water partition coefficient (Wildman–Crippen LogP) is 0.828. The molecule has 0 aliphatic carbocycles. The normalized spacial score (nSPS) is 19.5. The average molecular weight is 271 g/mol. The second-order valence-electron chi connectivity index (χ2n) is 5.38. The average Bonchev–Trinajstić information content (AvgIpc) is 2.78. The van der Waals surface area contributed by atoms with E-state index < -0.39 is 0 Å². The molecule has 1 saturated heterocycles. The van der Waals surface area contributed by atoms with Gasteiger partial charge in [-0.3, -0.25) is 9.80 Å². The molecule has 0 saturated carbocycles. The van der Waals surface area contributed by atoms with Crippen molar-refractivity contribution in [1.82, 2.24) is 24.2 Å². The molecule has 0 amide bonds. The van der Waals surface area contributed by atoms with Gasteiger partial charge in [0, 0.05) is 38.8 Å². The van der Waals surface area contributed by atoms with Crippen LogP contribution in [0.1, 0.15) is 19.5 Å². The minimum Gasteiger partial charge on any atom is -0.298 e. The minimum atomic E-state index is -0.197. The molecule has 0 atom stereocenters. The van der Waals surface area contributed by atoms with Gasteiger partial charge < -0.3 is 0 Å². The highest BCUT2D eigenvalue weighted by molar-refractivity contribution is 8.14. The van der Waals surface area contributed by atoms with Crippen LogP contribution in [0.3, 0.4) is 0 Å². The molecule has 0 spiro atoms. The molecular weight excluding hydrogens is 246 g/mol. The molecule has 5 nitrogen and oxygen atoms in total. The Morgan fingerprint density at radius 2 is 1.89 bits per heavy atom. The summed E-state index contributed by atoms with van der Waals surface area (Å²) in [6.07, 6.45) is 6.48. The van der Waals surface area contributed by atoms with E-state index in [9.17, 15) is 0 Å². The Labute approximate surface area is 113 Å². The summed E-state index contributed by atoms with van der Waals surface area (Å²) in [6.45, 7) is 10.1. The van der Waals surface area contributed by atoms with E-state index in [4.69, 9.17) is 0 Å². The maximum absolute atomic E-state index is 4.26. The Bertz CT molecular complexity index is 368. The molecule has 0 bridgehead atoms. The van der Waals surface area contributed by atoms with Crippen molar-refractivity contribution in [1.29, 1.82) is 0 Å². The number of piperazine rings is 1. The van der Waals surface area contributed by atoms with Crippen molar-refractivity contribution in [2.24, 2.45) is 0 Å². The molecule has 0 N–H and O–H groups in total. The minimum absolute atomic E-state index is 0.197. The number of hydrogen-bond acceptors (Lipinski definition) is 4. The molecule has 6 heteroatoms. The van der Waals surface area contributed by atoms with Crippen molar-refractivity contribution < 1.29 is 0 Å². The van der Waals surface area contributed by atoms with E-state index >= 15 is 0 Å². The lowest BCUT2D eigenvalue weighted by atomic mass is 10.2. The van der Waals surface area contributed by atoms with Gasteiger partial charge >= 0.3 is 0 Å². The Hall–Kier alpha value is -0.590. The third kappa shape index (κ3) is 3.46. The standard InChI is InChI=1S/C12H25N5S/c1-11(2)16-7-5-15(6-8-16)9-12-10-17(14-13-12)18(3)4/h10-11,18H,5-9H2,1-4H3. The number of rotatable bonds is 4. The van der Waals surface area contributed by atoms with E-state index in [0.717, 1.165) is 25.3 Å². The lowest BCUT2D eigenvalue weighted by Gasteiger charge is -2.36. The van der Waals surface area contributed by atoms with E-state index in [2.05, 4.69) is 52.7 Å². The van der Waals surface area contributed by atoms with E-state index in [1.807, 2.05) is 4.09 Å². The quantitative estimate of drug-likeness (QED) is 0.823. The van der Waals surface area contributed by atoms with Gasteiger partial charge in [-0.1, -0.05) is 5.21 Å². The predicted molar refractivity (Wildman–Crippen MR) is 78.2 cm³/mol. The van der Waals surface area contributed by atoms with Crippen molar-refractivity contribution in [3.63, 3.8) is 0 Å². The van der Waals surface area contributed by atoms with E-state index in [-0.39, 0.29) is 11.1 Å². The summed E-state index contributed by atoms with van der Waals surface area (Å²) in [5.74, 6) is 0. The van der Waals surface area contributed by atoms with E-state index in [0.29, 0.717) is 6.04 Å². The lowest BCUT2D eigenvalue weighted by Crippen LogP contribution is -2.48. The van der Waals surface area contributed by atoms with Gasteiger partial charge in [0.05, 0.1) is 11.9 Å². The smallest absolute Gasteiger partial charge is 0.0977 e. The van der Waals surface area contributed by atoms with Crippen molar-refractivity contribution in [2.75, 3.05) is 38.7 Å². The molecule has 1 fully saturated rings. The Balaban J connectivity index is 1.84. The lowest BCUT2D eigenvalue weighted by molar-refractivity contribution is 0.103. The summed E-state index contributed by atoms with van der Waals surface area (Å²) >= 11 is -0.197. The van der Waals surface area contributed by atoms with Crippen LogP contribution in [0.2, 0.25) is 0 Å². The van der Waals surface area contributed by atoms with Gasteiger partial charge in [-0.2, -0.15) is 11.1 Å². The maximum atomic E-state index is 4.26. The van der Waals surface area contributed by atoms with Gasteiger partial charge in [-0.15, -0.1) is 5.10 Å². The van der Waals surface area contributed by atoms with Crippen LogP contribution in [0, 0.1) is 0 Å². The first-order chi connectivity index (χ1) is 8.56. The molecule has 18 heavy (non-hydrogen) atoms. The molecule has 1 aromatic rings. The van der Waals surface area contributed by atoms with E-state index in [1.165, 1.54) is 13.1 Å². The van der Waals surface area contributed by atoms with E-state index in [1.54, 1.807) is 0 Å². The van der Waals surface area contributed by atoms with Gasteiger partial charge in [0.1, 0.15) is 0 Å². The fourth-order valence-corrected chi connectivity index (χ4v) is 2.79. The molecule has 0 radical (unpaired) electrons. The summed E-state index contributed by atoms with van der Waals surface area (Å²) in [5, 5.41) is 8.44. The molecule has 1 aliphatic heterocycles. The van der Waals surface area contributed by atoms with Gasteiger partial charge in [-0.25, -0.2) is 4.09 Å². The highest BCUT2D eigenvalue weighted by Crippen LogP contribution is 2.16. The second-order valence-corrected chi connectivity index (χ2v) is 7.49. The summed E-state index contributed by atoms with van der Waals surface area (Å²) in [5.41, 5.74) is 1.10. The van der Waals surface area contributed by atoms with Gasteiger partial charge in [0.25, 0.3) is 0 Å². The summed E-state index contributed by atoms with van der Waals surface area (Å²) < 4.78 is 2.00. The Kier molecular flexibility index (Phi) is 4.64. The van der Waals surface area contributed by atoms with Crippen LogP contribution in [0.15, 0.2) is 6.20 Å². The van der Waals surface area contributed by atoms with Gasteiger partial charge in [0.2, 0.25) is 0 Å². The Morgan fingerprint density at radius 1 is 1.22 bits per heavy atom. The third-order valence-electron chi connectivity index (χ3n) is 3.46. The molecular formula is C12H25N5S. The van der Waals surface area contributed by atoms with Crippen LogP contribution in [-0.2, 0) is 6.54 Å². The number of hydrogen-bond donors (Lipinski definition) is 1. The fourth-order valence-electron chi connectivity index (χ4n) is 2.22. The fraction of sp³-hybridized carbons (Fsp3) is 0.833.